The molecule has 0 saturated carbocycles. The molecule has 1 fully saturated rings. The Labute approximate surface area is 127 Å². The molecule has 0 aromatic heterocycles. The molecule has 0 radical (unpaired) electrons. The van der Waals surface area contributed by atoms with Crippen LogP contribution in [0.4, 0.5) is 0 Å². The standard InChI is InChI=1S/C16H30N2O3/c1-11(2)7-13(9-17)8-14(19)18-6-5-16(10-18,12(3)4)15(20)21/h11-13H,5-10,17H2,1-4H3,(H,20,21). The van der Waals surface area contributed by atoms with E-state index in [2.05, 4.69) is 13.8 Å². The maximum Gasteiger partial charge on any atom is 0.311 e. The van der Waals surface area contributed by atoms with Crippen molar-refractivity contribution in [2.45, 2.75) is 47.0 Å². The molecule has 0 spiro atoms. The van der Waals surface area contributed by atoms with Gasteiger partial charge in [0.2, 0.25) is 5.91 Å². The van der Waals surface area contributed by atoms with E-state index in [0.29, 0.717) is 38.4 Å². The SMILES string of the molecule is CC(C)CC(CN)CC(=O)N1CCC(C(=O)O)(C(C)C)C1. The van der Waals surface area contributed by atoms with Gasteiger partial charge < -0.3 is 15.7 Å². The zero-order valence-corrected chi connectivity index (χ0v) is 13.8. The molecule has 5 nitrogen and oxygen atoms in total. The summed E-state index contributed by atoms with van der Waals surface area (Å²) < 4.78 is 0. The van der Waals surface area contributed by atoms with Crippen LogP contribution in [-0.4, -0.2) is 41.5 Å². The number of likely N-dealkylation sites (tertiary alicyclic amines) is 1. The van der Waals surface area contributed by atoms with Crippen LogP contribution < -0.4 is 5.73 Å². The summed E-state index contributed by atoms with van der Waals surface area (Å²) >= 11 is 0. The van der Waals surface area contributed by atoms with Crippen LogP contribution in [0.25, 0.3) is 0 Å². The first kappa shape index (κ1) is 18.0. The number of nitrogens with zero attached hydrogens (tertiary/aromatic N) is 1. The fourth-order valence-corrected chi connectivity index (χ4v) is 3.24. The number of aliphatic carboxylic acids is 1. The minimum Gasteiger partial charge on any atom is -0.481 e. The molecule has 1 heterocycles. The van der Waals surface area contributed by atoms with Gasteiger partial charge in [-0.05, 0) is 37.1 Å². The fraction of sp³-hybridized carbons (Fsp3) is 0.875. The van der Waals surface area contributed by atoms with Crippen LogP contribution in [0.5, 0.6) is 0 Å². The number of carbonyl (C=O) groups is 2. The van der Waals surface area contributed by atoms with Crippen molar-refractivity contribution in [2.75, 3.05) is 19.6 Å². The van der Waals surface area contributed by atoms with Gasteiger partial charge >= 0.3 is 5.97 Å². The Balaban J connectivity index is 2.67. The van der Waals surface area contributed by atoms with Gasteiger partial charge in [-0.25, -0.2) is 0 Å². The Hall–Kier alpha value is -1.10. The summed E-state index contributed by atoms with van der Waals surface area (Å²) in [5.41, 5.74) is 4.97. The Morgan fingerprint density at radius 3 is 2.29 bits per heavy atom. The lowest BCUT2D eigenvalue weighted by Gasteiger charge is -2.29. The molecular formula is C16H30N2O3. The molecule has 3 N–H and O–H groups in total. The number of hydrogen-bond acceptors (Lipinski definition) is 3. The Morgan fingerprint density at radius 2 is 1.90 bits per heavy atom. The van der Waals surface area contributed by atoms with Crippen molar-refractivity contribution in [2.24, 2.45) is 28.9 Å². The zero-order chi connectivity index (χ0) is 16.2. The van der Waals surface area contributed by atoms with Crippen molar-refractivity contribution < 1.29 is 14.7 Å². The molecule has 1 aliphatic heterocycles. The monoisotopic (exact) mass is 298 g/mol. The van der Waals surface area contributed by atoms with Gasteiger partial charge in [0.15, 0.2) is 0 Å². The van der Waals surface area contributed by atoms with Crippen LogP contribution in [0.1, 0.15) is 47.0 Å². The highest BCUT2D eigenvalue weighted by Gasteiger charge is 2.48. The maximum atomic E-state index is 12.4. The minimum atomic E-state index is -0.787. The molecule has 1 aliphatic rings. The zero-order valence-electron chi connectivity index (χ0n) is 13.8. The number of rotatable bonds is 7. The first-order valence-electron chi connectivity index (χ1n) is 7.94. The van der Waals surface area contributed by atoms with E-state index in [1.807, 2.05) is 13.8 Å². The number of carboxylic acids is 1. The Bertz CT molecular complexity index is 382. The van der Waals surface area contributed by atoms with E-state index in [9.17, 15) is 14.7 Å². The number of nitrogens with two attached hydrogens (primary N) is 1. The number of hydrogen-bond donors (Lipinski definition) is 2. The smallest absolute Gasteiger partial charge is 0.311 e. The molecule has 2 unspecified atom stereocenters. The third kappa shape index (κ3) is 4.19. The molecule has 1 amide bonds. The molecule has 0 aromatic rings. The number of carbonyl (C=O) groups excluding carboxylic acids is 1. The van der Waals surface area contributed by atoms with Crippen molar-refractivity contribution in [1.82, 2.24) is 4.90 Å². The molecule has 1 rings (SSSR count). The highest BCUT2D eigenvalue weighted by atomic mass is 16.4. The largest absolute Gasteiger partial charge is 0.481 e. The van der Waals surface area contributed by atoms with E-state index in [4.69, 9.17) is 5.73 Å². The van der Waals surface area contributed by atoms with E-state index in [1.165, 1.54) is 0 Å². The van der Waals surface area contributed by atoms with Crippen LogP contribution in [0, 0.1) is 23.2 Å². The summed E-state index contributed by atoms with van der Waals surface area (Å²) in [4.78, 5) is 25.7. The molecule has 2 atom stereocenters. The summed E-state index contributed by atoms with van der Waals surface area (Å²) in [7, 11) is 0. The van der Waals surface area contributed by atoms with Crippen molar-refractivity contribution in [3.05, 3.63) is 0 Å². The highest BCUT2D eigenvalue weighted by molar-refractivity contribution is 5.81. The van der Waals surface area contributed by atoms with Crippen molar-refractivity contribution in [1.29, 1.82) is 0 Å². The lowest BCUT2D eigenvalue weighted by molar-refractivity contribution is -0.151. The van der Waals surface area contributed by atoms with E-state index in [1.54, 1.807) is 4.90 Å². The molecular weight excluding hydrogens is 268 g/mol. The summed E-state index contributed by atoms with van der Waals surface area (Å²) in [6, 6.07) is 0. The first-order valence-corrected chi connectivity index (χ1v) is 7.94. The highest BCUT2D eigenvalue weighted by Crippen LogP contribution is 2.38. The van der Waals surface area contributed by atoms with Gasteiger partial charge in [0.1, 0.15) is 0 Å². The summed E-state index contributed by atoms with van der Waals surface area (Å²) in [6.45, 7) is 9.47. The third-order valence-corrected chi connectivity index (χ3v) is 4.79. The molecule has 0 bridgehead atoms. The fourth-order valence-electron chi connectivity index (χ4n) is 3.24. The van der Waals surface area contributed by atoms with Gasteiger partial charge in [0, 0.05) is 19.5 Å². The molecule has 5 heteroatoms. The minimum absolute atomic E-state index is 0.0220. The Morgan fingerprint density at radius 1 is 1.29 bits per heavy atom. The molecule has 122 valence electrons. The van der Waals surface area contributed by atoms with Crippen LogP contribution in [0.2, 0.25) is 0 Å². The van der Waals surface area contributed by atoms with Gasteiger partial charge in [0.25, 0.3) is 0 Å². The normalized spacial score (nSPS) is 23.9. The van der Waals surface area contributed by atoms with Crippen molar-refractivity contribution >= 4 is 11.9 Å². The Kier molecular flexibility index (Phi) is 6.20. The van der Waals surface area contributed by atoms with Crippen LogP contribution in [0.3, 0.4) is 0 Å². The van der Waals surface area contributed by atoms with Gasteiger partial charge in [-0.2, -0.15) is 0 Å². The van der Waals surface area contributed by atoms with Gasteiger partial charge in [-0.3, -0.25) is 9.59 Å². The van der Waals surface area contributed by atoms with Crippen molar-refractivity contribution in [3.63, 3.8) is 0 Å². The van der Waals surface area contributed by atoms with Gasteiger partial charge in [-0.15, -0.1) is 0 Å². The predicted octanol–water partition coefficient (Wildman–Crippen LogP) is 1.96. The second-order valence-corrected chi connectivity index (χ2v) is 7.12. The summed E-state index contributed by atoms with van der Waals surface area (Å²) in [6.07, 6.45) is 1.91. The van der Waals surface area contributed by atoms with E-state index < -0.39 is 11.4 Å². The molecule has 21 heavy (non-hydrogen) atoms. The van der Waals surface area contributed by atoms with Gasteiger partial charge in [-0.1, -0.05) is 27.7 Å². The van der Waals surface area contributed by atoms with E-state index in [-0.39, 0.29) is 17.7 Å². The van der Waals surface area contributed by atoms with Crippen LogP contribution >= 0.6 is 0 Å². The van der Waals surface area contributed by atoms with Gasteiger partial charge in [0.05, 0.1) is 5.41 Å². The lowest BCUT2D eigenvalue weighted by atomic mass is 9.76. The molecule has 0 aliphatic carbocycles. The third-order valence-electron chi connectivity index (χ3n) is 4.79. The molecule has 1 saturated heterocycles. The quantitative estimate of drug-likeness (QED) is 0.752. The second kappa shape index (κ2) is 7.25. The number of carboxylic acid groups (broad SMARTS) is 1. The summed E-state index contributed by atoms with van der Waals surface area (Å²) in [5, 5.41) is 9.52. The first-order chi connectivity index (χ1) is 9.72. The average molecular weight is 298 g/mol. The predicted molar refractivity (Wildman–Crippen MR) is 82.7 cm³/mol. The second-order valence-electron chi connectivity index (χ2n) is 7.12. The summed E-state index contributed by atoms with van der Waals surface area (Å²) in [5.74, 6) is -0.0101. The number of amides is 1. The molecule has 0 aromatic carbocycles. The maximum absolute atomic E-state index is 12.4. The lowest BCUT2D eigenvalue weighted by Crippen LogP contribution is -2.41. The van der Waals surface area contributed by atoms with E-state index in [0.717, 1.165) is 6.42 Å². The van der Waals surface area contributed by atoms with E-state index >= 15 is 0 Å². The topological polar surface area (TPSA) is 83.6 Å². The van der Waals surface area contributed by atoms with Crippen LogP contribution in [-0.2, 0) is 9.59 Å². The average Bonchev–Trinajstić information content (AvgIpc) is 2.83. The van der Waals surface area contributed by atoms with Crippen molar-refractivity contribution in [3.8, 4) is 0 Å². The van der Waals surface area contributed by atoms with Crippen LogP contribution in [0.15, 0.2) is 0 Å².